The van der Waals surface area contributed by atoms with E-state index in [9.17, 15) is 0 Å². The lowest BCUT2D eigenvalue weighted by atomic mass is 9.76. The number of rotatable bonds is 12. The average molecular weight is 433 g/mol. The fourth-order valence-corrected chi connectivity index (χ4v) is 5.84. The first-order valence-electron chi connectivity index (χ1n) is 13.8. The molecule has 1 saturated carbocycles. The zero-order valence-corrected chi connectivity index (χ0v) is 21.5. The zero-order valence-electron chi connectivity index (χ0n) is 21.5. The van der Waals surface area contributed by atoms with Gasteiger partial charge in [-0.1, -0.05) is 88.8 Å². The Labute approximate surface area is 199 Å². The van der Waals surface area contributed by atoms with Crippen LogP contribution in [0.4, 0.5) is 0 Å². The van der Waals surface area contributed by atoms with Crippen molar-refractivity contribution < 1.29 is 0 Å². The van der Waals surface area contributed by atoms with Crippen LogP contribution < -0.4 is 0 Å². The normalized spacial score (nSPS) is 18.8. The molecule has 32 heavy (non-hydrogen) atoms. The quantitative estimate of drug-likeness (QED) is 0.293. The van der Waals surface area contributed by atoms with Crippen molar-refractivity contribution in [2.45, 2.75) is 124 Å². The van der Waals surface area contributed by atoms with Crippen molar-refractivity contribution in [2.75, 3.05) is 0 Å². The Hall–Kier alpha value is -1.56. The monoisotopic (exact) mass is 432 g/mol. The third-order valence-electron chi connectivity index (χ3n) is 8.00. The Balaban J connectivity index is 1.50. The second-order valence-corrected chi connectivity index (χ2v) is 10.6. The van der Waals surface area contributed by atoms with Crippen LogP contribution in [0.25, 0.3) is 0 Å². The summed E-state index contributed by atoms with van der Waals surface area (Å²) in [7, 11) is 0. The first kappa shape index (κ1) is 25.1. The van der Waals surface area contributed by atoms with Crippen molar-refractivity contribution in [2.24, 2.45) is 5.92 Å². The standard InChI is InChI=1S/C32H48/c1-5-7-9-11-27-15-20-31(21-16-27)32-22-18-29(24-26(32)4)14-13-28-17-19-30(25(3)23-28)12-10-8-6-2/h17-19,22-24,27,31H,5-16,20-21H2,1-4H3/t27-,31-. The molecule has 0 N–H and O–H groups in total. The Bertz CT molecular complexity index is 807. The molecule has 0 radical (unpaired) electrons. The van der Waals surface area contributed by atoms with Crippen molar-refractivity contribution in [1.29, 1.82) is 0 Å². The van der Waals surface area contributed by atoms with Crippen LogP contribution in [0, 0.1) is 19.8 Å². The van der Waals surface area contributed by atoms with Crippen LogP contribution in [0.1, 0.15) is 124 Å². The van der Waals surface area contributed by atoms with E-state index in [2.05, 4.69) is 64.1 Å². The van der Waals surface area contributed by atoms with Crippen LogP contribution >= 0.6 is 0 Å². The van der Waals surface area contributed by atoms with Crippen LogP contribution in [0.5, 0.6) is 0 Å². The van der Waals surface area contributed by atoms with Gasteiger partial charge in [0.25, 0.3) is 0 Å². The fourth-order valence-electron chi connectivity index (χ4n) is 5.84. The molecule has 0 nitrogen and oxygen atoms in total. The third kappa shape index (κ3) is 7.50. The molecular weight excluding hydrogens is 384 g/mol. The molecule has 1 aliphatic carbocycles. The molecule has 0 heterocycles. The van der Waals surface area contributed by atoms with Gasteiger partial charge in [-0.3, -0.25) is 0 Å². The van der Waals surface area contributed by atoms with E-state index in [0.29, 0.717) is 0 Å². The molecule has 0 spiro atoms. The minimum Gasteiger partial charge on any atom is -0.0654 e. The molecule has 2 aromatic rings. The number of benzene rings is 2. The molecule has 2 aromatic carbocycles. The van der Waals surface area contributed by atoms with E-state index in [1.165, 1.54) is 99.3 Å². The summed E-state index contributed by atoms with van der Waals surface area (Å²) < 4.78 is 0. The summed E-state index contributed by atoms with van der Waals surface area (Å²) in [5.41, 5.74) is 9.18. The van der Waals surface area contributed by atoms with Crippen LogP contribution in [-0.4, -0.2) is 0 Å². The summed E-state index contributed by atoms with van der Waals surface area (Å²) in [6.45, 7) is 9.24. The lowest BCUT2D eigenvalue weighted by molar-refractivity contribution is 0.302. The summed E-state index contributed by atoms with van der Waals surface area (Å²) in [6.07, 6.45) is 18.9. The zero-order chi connectivity index (χ0) is 22.8. The van der Waals surface area contributed by atoms with E-state index in [-0.39, 0.29) is 0 Å². The molecule has 0 atom stereocenters. The minimum atomic E-state index is 0.800. The summed E-state index contributed by atoms with van der Waals surface area (Å²) in [5, 5.41) is 0. The molecule has 0 aliphatic heterocycles. The van der Waals surface area contributed by atoms with Gasteiger partial charge in [-0.15, -0.1) is 0 Å². The summed E-state index contributed by atoms with van der Waals surface area (Å²) in [6, 6.07) is 14.5. The predicted octanol–water partition coefficient (Wildman–Crippen LogP) is 9.68. The Morgan fingerprint density at radius 3 is 1.91 bits per heavy atom. The van der Waals surface area contributed by atoms with Crippen LogP contribution in [0.2, 0.25) is 0 Å². The Morgan fingerprint density at radius 2 is 1.28 bits per heavy atom. The smallest absolute Gasteiger partial charge is 0.0159 e. The maximum Gasteiger partial charge on any atom is -0.0159 e. The SMILES string of the molecule is CCCCCc1ccc(CCc2ccc([C@H]3CC[C@H](CCCCC)CC3)c(C)c2)cc1C. The molecule has 0 saturated heterocycles. The number of unbranched alkanes of at least 4 members (excludes halogenated alkanes) is 4. The Kier molecular flexibility index (Phi) is 10.4. The predicted molar refractivity (Wildman–Crippen MR) is 142 cm³/mol. The van der Waals surface area contributed by atoms with Gasteiger partial charge in [0.15, 0.2) is 0 Å². The van der Waals surface area contributed by atoms with E-state index in [1.807, 2.05) is 0 Å². The van der Waals surface area contributed by atoms with Gasteiger partial charge >= 0.3 is 0 Å². The summed E-state index contributed by atoms with van der Waals surface area (Å²) in [4.78, 5) is 0. The molecule has 1 fully saturated rings. The van der Waals surface area contributed by atoms with E-state index in [4.69, 9.17) is 0 Å². The van der Waals surface area contributed by atoms with Crippen LogP contribution in [0.15, 0.2) is 36.4 Å². The molecule has 0 aromatic heterocycles. The molecule has 3 rings (SSSR count). The van der Waals surface area contributed by atoms with Crippen molar-refractivity contribution in [3.05, 3.63) is 69.8 Å². The first-order chi connectivity index (χ1) is 15.6. The molecule has 176 valence electrons. The van der Waals surface area contributed by atoms with Crippen molar-refractivity contribution in [3.63, 3.8) is 0 Å². The van der Waals surface area contributed by atoms with Gasteiger partial charge in [-0.25, -0.2) is 0 Å². The van der Waals surface area contributed by atoms with Crippen molar-refractivity contribution in [1.82, 2.24) is 0 Å². The third-order valence-corrected chi connectivity index (χ3v) is 8.00. The number of hydrogen-bond acceptors (Lipinski definition) is 0. The van der Waals surface area contributed by atoms with Gasteiger partial charge in [0.2, 0.25) is 0 Å². The fraction of sp³-hybridized carbons (Fsp3) is 0.625. The lowest BCUT2D eigenvalue weighted by Gasteiger charge is -2.30. The Morgan fingerprint density at radius 1 is 0.656 bits per heavy atom. The van der Waals surface area contributed by atoms with Gasteiger partial charge < -0.3 is 0 Å². The highest BCUT2D eigenvalue weighted by molar-refractivity contribution is 5.35. The van der Waals surface area contributed by atoms with Gasteiger partial charge in [0.1, 0.15) is 0 Å². The highest BCUT2D eigenvalue weighted by Gasteiger charge is 2.23. The molecule has 0 bridgehead atoms. The minimum absolute atomic E-state index is 0.800. The van der Waals surface area contributed by atoms with Crippen LogP contribution in [-0.2, 0) is 19.3 Å². The topological polar surface area (TPSA) is 0 Å². The van der Waals surface area contributed by atoms with Gasteiger partial charge in [0.05, 0.1) is 0 Å². The number of aryl methyl sites for hydroxylation is 5. The van der Waals surface area contributed by atoms with Crippen molar-refractivity contribution >= 4 is 0 Å². The highest BCUT2D eigenvalue weighted by Crippen LogP contribution is 2.39. The van der Waals surface area contributed by atoms with Gasteiger partial charge in [0, 0.05) is 0 Å². The van der Waals surface area contributed by atoms with E-state index in [0.717, 1.165) is 24.7 Å². The number of hydrogen-bond donors (Lipinski definition) is 0. The van der Waals surface area contributed by atoms with Gasteiger partial charge in [-0.05, 0) is 110 Å². The van der Waals surface area contributed by atoms with E-state index < -0.39 is 0 Å². The second kappa shape index (κ2) is 13.2. The molecule has 0 amide bonds. The first-order valence-corrected chi connectivity index (χ1v) is 13.8. The maximum absolute atomic E-state index is 2.48. The summed E-state index contributed by atoms with van der Waals surface area (Å²) >= 11 is 0. The summed E-state index contributed by atoms with van der Waals surface area (Å²) in [5.74, 6) is 1.80. The molecule has 0 unspecified atom stereocenters. The largest absolute Gasteiger partial charge is 0.0654 e. The van der Waals surface area contributed by atoms with Crippen molar-refractivity contribution in [3.8, 4) is 0 Å². The van der Waals surface area contributed by atoms with Crippen LogP contribution in [0.3, 0.4) is 0 Å². The van der Waals surface area contributed by atoms with Gasteiger partial charge in [-0.2, -0.15) is 0 Å². The maximum atomic E-state index is 2.48. The highest BCUT2D eigenvalue weighted by atomic mass is 14.3. The van der Waals surface area contributed by atoms with E-state index >= 15 is 0 Å². The molecule has 0 heteroatoms. The average Bonchev–Trinajstić information content (AvgIpc) is 2.80. The molecular formula is C32H48. The van der Waals surface area contributed by atoms with E-state index in [1.54, 1.807) is 11.1 Å². The molecule has 1 aliphatic rings. The lowest BCUT2D eigenvalue weighted by Crippen LogP contribution is -2.14. The second-order valence-electron chi connectivity index (χ2n) is 10.6.